The summed E-state index contributed by atoms with van der Waals surface area (Å²) in [6, 6.07) is 10.5. The van der Waals surface area contributed by atoms with Gasteiger partial charge in [-0.15, -0.1) is 0 Å². The van der Waals surface area contributed by atoms with E-state index in [0.29, 0.717) is 12.0 Å². The van der Waals surface area contributed by atoms with Crippen LogP contribution >= 0.6 is 0 Å². The van der Waals surface area contributed by atoms with Gasteiger partial charge in [-0.25, -0.2) is 16.8 Å². The zero-order valence-corrected chi connectivity index (χ0v) is 26.2. The van der Waals surface area contributed by atoms with Crippen molar-refractivity contribution >= 4 is 20.2 Å². The summed E-state index contributed by atoms with van der Waals surface area (Å²) in [7, 11) is -10.3. The first-order valence-corrected chi connectivity index (χ1v) is 14.1. The summed E-state index contributed by atoms with van der Waals surface area (Å²) in [5.41, 5.74) is 1.24. The largest absolute Gasteiger partial charge is 1.00 e. The second-order valence-electron chi connectivity index (χ2n) is 8.13. The van der Waals surface area contributed by atoms with Crippen molar-refractivity contribution in [3.63, 3.8) is 0 Å². The van der Waals surface area contributed by atoms with E-state index in [4.69, 9.17) is 0 Å². The quantitative estimate of drug-likeness (QED) is 0.189. The second kappa shape index (κ2) is 16.9. The summed E-state index contributed by atoms with van der Waals surface area (Å²) < 4.78 is 70.4. The first kappa shape index (κ1) is 34.3. The van der Waals surface area contributed by atoms with Crippen LogP contribution in [0.25, 0.3) is 11.1 Å². The van der Waals surface area contributed by atoms with Gasteiger partial charge in [0.15, 0.2) is 0 Å². The molecule has 0 fully saturated rings. The Balaban J connectivity index is 0.00000544. The van der Waals surface area contributed by atoms with Crippen molar-refractivity contribution in [2.24, 2.45) is 0 Å². The van der Waals surface area contributed by atoms with Crippen molar-refractivity contribution in [1.82, 2.24) is 0 Å². The molecule has 0 heterocycles. The fourth-order valence-electron chi connectivity index (χ4n) is 3.99. The molecule has 0 unspecified atom stereocenters. The maximum atomic E-state index is 11.9. The van der Waals surface area contributed by atoms with Crippen LogP contribution in [-0.4, -0.2) is 25.9 Å². The van der Waals surface area contributed by atoms with Gasteiger partial charge in [0.05, 0.1) is 9.79 Å². The van der Waals surface area contributed by atoms with E-state index >= 15 is 0 Å². The third-order valence-electron chi connectivity index (χ3n) is 5.61. The third-order valence-corrected chi connectivity index (χ3v) is 7.55. The molecule has 0 bridgehead atoms. The maximum Gasteiger partial charge on any atom is 1.00 e. The van der Waals surface area contributed by atoms with Crippen molar-refractivity contribution < 1.29 is 85.1 Å². The molecular formula is C24H32Na2O6S2. The van der Waals surface area contributed by atoms with Crippen molar-refractivity contribution in [2.75, 3.05) is 0 Å². The number of benzene rings is 2. The van der Waals surface area contributed by atoms with Crippen LogP contribution in [0, 0.1) is 0 Å². The summed E-state index contributed by atoms with van der Waals surface area (Å²) >= 11 is 0. The van der Waals surface area contributed by atoms with E-state index in [0.717, 1.165) is 30.9 Å². The molecule has 2 rings (SSSR count). The van der Waals surface area contributed by atoms with Gasteiger partial charge in [0.25, 0.3) is 0 Å². The van der Waals surface area contributed by atoms with E-state index < -0.39 is 30.0 Å². The molecule has 10 heteroatoms. The van der Waals surface area contributed by atoms with Crippen LogP contribution in [0.15, 0.2) is 52.3 Å². The molecule has 0 saturated carbocycles. The van der Waals surface area contributed by atoms with Gasteiger partial charge in [-0.05, 0) is 30.0 Å². The summed E-state index contributed by atoms with van der Waals surface area (Å²) in [6.45, 7) is 2.21. The average Bonchev–Trinajstić information content (AvgIpc) is 2.73. The monoisotopic (exact) mass is 526 g/mol. The Morgan fingerprint density at radius 1 is 0.618 bits per heavy atom. The molecule has 0 amide bonds. The molecule has 2 aromatic carbocycles. The Hall–Kier alpha value is 0.260. The number of rotatable bonds is 14. The fourth-order valence-corrected chi connectivity index (χ4v) is 5.94. The molecule has 0 N–H and O–H groups in total. The van der Waals surface area contributed by atoms with Gasteiger partial charge in [0, 0.05) is 5.56 Å². The minimum absolute atomic E-state index is 0. The van der Waals surface area contributed by atoms with E-state index in [1.54, 1.807) is 12.1 Å². The molecule has 0 aromatic heterocycles. The molecule has 0 aliphatic heterocycles. The van der Waals surface area contributed by atoms with Gasteiger partial charge in [-0.1, -0.05) is 101 Å². The first-order valence-electron chi connectivity index (χ1n) is 11.3. The number of unbranched alkanes of at least 4 members (excludes halogenated alkanes) is 9. The van der Waals surface area contributed by atoms with Crippen LogP contribution in [-0.2, 0) is 26.7 Å². The van der Waals surface area contributed by atoms with Crippen LogP contribution in [0.4, 0.5) is 0 Å². The van der Waals surface area contributed by atoms with E-state index in [9.17, 15) is 25.9 Å². The molecule has 0 atom stereocenters. The first-order chi connectivity index (χ1) is 15.2. The minimum atomic E-state index is -5.19. The van der Waals surface area contributed by atoms with E-state index in [1.807, 2.05) is 12.1 Å². The molecule has 0 radical (unpaired) electrons. The van der Waals surface area contributed by atoms with E-state index in [1.165, 1.54) is 57.1 Å². The Morgan fingerprint density at radius 2 is 1.12 bits per heavy atom. The minimum Gasteiger partial charge on any atom is -0.744 e. The van der Waals surface area contributed by atoms with Gasteiger partial charge < -0.3 is 9.11 Å². The molecule has 0 aliphatic carbocycles. The van der Waals surface area contributed by atoms with Gasteiger partial charge in [-0.3, -0.25) is 0 Å². The Morgan fingerprint density at radius 3 is 1.65 bits per heavy atom. The van der Waals surface area contributed by atoms with Gasteiger partial charge in [-0.2, -0.15) is 0 Å². The molecule has 178 valence electrons. The van der Waals surface area contributed by atoms with Gasteiger partial charge >= 0.3 is 59.1 Å². The zero-order valence-electron chi connectivity index (χ0n) is 20.6. The second-order valence-corrected chi connectivity index (χ2v) is 10.8. The number of hydrogen-bond donors (Lipinski definition) is 0. The van der Waals surface area contributed by atoms with Crippen LogP contribution in [0.5, 0.6) is 0 Å². The smallest absolute Gasteiger partial charge is 0.744 e. The summed E-state index contributed by atoms with van der Waals surface area (Å²) in [6.07, 6.45) is 12.6. The van der Waals surface area contributed by atoms with Crippen LogP contribution in [0.2, 0.25) is 0 Å². The van der Waals surface area contributed by atoms with Gasteiger partial charge in [0.2, 0.25) is 0 Å². The van der Waals surface area contributed by atoms with E-state index in [-0.39, 0.29) is 64.7 Å². The molecular weight excluding hydrogens is 494 g/mol. The SMILES string of the molecule is CCCCCCCCCCCCc1ccccc1-c1cccc(S(=O)(=O)[O-])c1S(=O)(=O)[O-].[Na+].[Na+]. The molecule has 2 aromatic rings. The number of hydrogen-bond acceptors (Lipinski definition) is 6. The molecule has 0 spiro atoms. The van der Waals surface area contributed by atoms with Crippen LogP contribution < -0.4 is 59.1 Å². The normalized spacial score (nSPS) is 11.5. The summed E-state index contributed by atoms with van der Waals surface area (Å²) in [4.78, 5) is -1.97. The Labute approximate surface area is 249 Å². The molecule has 0 aliphatic rings. The third kappa shape index (κ3) is 11.1. The summed E-state index contributed by atoms with van der Waals surface area (Å²) in [5, 5.41) is 0. The number of aryl methyl sites for hydroxylation is 1. The molecule has 0 saturated heterocycles. The van der Waals surface area contributed by atoms with Crippen molar-refractivity contribution in [1.29, 1.82) is 0 Å². The zero-order chi connectivity index (χ0) is 23.6. The maximum absolute atomic E-state index is 11.9. The predicted octanol–water partition coefficient (Wildman–Crippen LogP) is -0.367. The Kier molecular flexibility index (Phi) is 17.0. The fraction of sp³-hybridized carbons (Fsp3) is 0.500. The standard InChI is InChI=1S/C24H34O6S2.2Na/c1-2-3-4-5-6-7-8-9-10-11-15-20-16-12-13-17-21(20)22-18-14-19-23(31(25,26)27)24(22)32(28,29)30;;/h12-14,16-19H,2-11,15H2,1H3,(H,25,26,27)(H,28,29,30);;/q;2*+1/p-2. The van der Waals surface area contributed by atoms with E-state index in [2.05, 4.69) is 6.92 Å². The predicted molar refractivity (Wildman–Crippen MR) is 123 cm³/mol. The van der Waals surface area contributed by atoms with Crippen molar-refractivity contribution in [2.45, 2.75) is 87.3 Å². The topological polar surface area (TPSA) is 114 Å². The van der Waals surface area contributed by atoms with Crippen molar-refractivity contribution in [3.05, 3.63) is 48.0 Å². The summed E-state index contributed by atoms with van der Waals surface area (Å²) in [5.74, 6) is 0. The molecule has 6 nitrogen and oxygen atoms in total. The van der Waals surface area contributed by atoms with Gasteiger partial charge in [0.1, 0.15) is 20.2 Å². The Bertz CT molecular complexity index is 1090. The van der Waals surface area contributed by atoms with Crippen LogP contribution in [0.1, 0.15) is 76.7 Å². The van der Waals surface area contributed by atoms with Crippen molar-refractivity contribution in [3.8, 4) is 11.1 Å². The average molecular weight is 527 g/mol. The molecule has 34 heavy (non-hydrogen) atoms. The van der Waals surface area contributed by atoms with Crippen LogP contribution in [0.3, 0.4) is 0 Å².